The molecule has 1 aliphatic heterocycles. The van der Waals surface area contributed by atoms with E-state index >= 15 is 0 Å². The number of nitrogens with one attached hydrogen (secondary N) is 2. The highest BCUT2D eigenvalue weighted by Crippen LogP contribution is 2.43. The number of allylic oxidation sites excluding steroid dienone is 1. The molecule has 0 fully saturated rings. The van der Waals surface area contributed by atoms with Gasteiger partial charge in [-0.15, -0.1) is 0 Å². The highest BCUT2D eigenvalue weighted by molar-refractivity contribution is 9.10. The molecular weight excluding hydrogens is 548 g/mol. The zero-order valence-corrected chi connectivity index (χ0v) is 23.0. The van der Waals surface area contributed by atoms with Gasteiger partial charge in [0.2, 0.25) is 5.95 Å². The van der Waals surface area contributed by atoms with E-state index in [1.807, 2.05) is 81.4 Å². The number of tetrazole rings is 1. The minimum absolute atomic E-state index is 0.257. The Bertz CT molecular complexity index is 1530. The van der Waals surface area contributed by atoms with Crippen LogP contribution in [-0.2, 0) is 11.4 Å². The number of hydrogen-bond donors (Lipinski definition) is 2. The lowest BCUT2D eigenvalue weighted by Crippen LogP contribution is -2.31. The van der Waals surface area contributed by atoms with Gasteiger partial charge in [0.1, 0.15) is 12.6 Å². The third-order valence-corrected chi connectivity index (χ3v) is 6.97. The van der Waals surface area contributed by atoms with E-state index in [0.29, 0.717) is 39.8 Å². The van der Waals surface area contributed by atoms with Crippen LogP contribution in [0.1, 0.15) is 35.2 Å². The second-order valence-corrected chi connectivity index (χ2v) is 9.95. The third-order valence-electron chi connectivity index (χ3n) is 6.38. The summed E-state index contributed by atoms with van der Waals surface area (Å²) in [5.74, 6) is 1.26. The van der Waals surface area contributed by atoms with Gasteiger partial charge < -0.3 is 20.1 Å². The summed E-state index contributed by atoms with van der Waals surface area (Å²) >= 11 is 3.65. The molecular formula is C28H27BrN6O3. The number of hydrogen-bond acceptors (Lipinski definition) is 7. The number of fused-ring (bicyclic) bond motifs is 1. The van der Waals surface area contributed by atoms with Crippen molar-refractivity contribution in [3.8, 4) is 11.5 Å². The molecule has 0 aliphatic carbocycles. The van der Waals surface area contributed by atoms with Crippen LogP contribution in [0.5, 0.6) is 11.5 Å². The van der Waals surface area contributed by atoms with Gasteiger partial charge in [0.25, 0.3) is 5.91 Å². The number of benzene rings is 3. The Morgan fingerprint density at radius 3 is 2.63 bits per heavy atom. The lowest BCUT2D eigenvalue weighted by Gasteiger charge is -2.29. The minimum Gasteiger partial charge on any atom is -0.493 e. The van der Waals surface area contributed by atoms with E-state index in [-0.39, 0.29) is 5.91 Å². The molecule has 0 radical (unpaired) electrons. The van der Waals surface area contributed by atoms with Crippen LogP contribution in [0.2, 0.25) is 0 Å². The zero-order chi connectivity index (χ0) is 26.8. The number of methoxy groups -OCH3 is 1. The number of aromatic nitrogens is 4. The first-order valence-electron chi connectivity index (χ1n) is 12.0. The maximum atomic E-state index is 13.7. The fraction of sp³-hybridized carbons (Fsp3) is 0.214. The summed E-state index contributed by atoms with van der Waals surface area (Å²) in [6, 6.07) is 18.9. The molecule has 1 unspecified atom stereocenters. The van der Waals surface area contributed by atoms with Crippen LogP contribution in [0.15, 0.2) is 76.4 Å². The first-order chi connectivity index (χ1) is 18.4. The molecule has 5 rings (SSSR count). The molecule has 1 atom stereocenters. The Labute approximate surface area is 229 Å². The lowest BCUT2D eigenvalue weighted by molar-refractivity contribution is -0.113. The van der Waals surface area contributed by atoms with Crippen molar-refractivity contribution in [2.45, 2.75) is 33.4 Å². The van der Waals surface area contributed by atoms with Gasteiger partial charge >= 0.3 is 0 Å². The number of aryl methyl sites for hydroxylation is 2. The summed E-state index contributed by atoms with van der Waals surface area (Å²) in [5, 5.41) is 18.3. The topological polar surface area (TPSA) is 103 Å². The first-order valence-corrected chi connectivity index (χ1v) is 12.8. The molecule has 0 saturated carbocycles. The number of amides is 1. The first kappa shape index (κ1) is 25.5. The van der Waals surface area contributed by atoms with Crippen molar-refractivity contribution in [1.82, 2.24) is 20.2 Å². The van der Waals surface area contributed by atoms with Gasteiger partial charge in [0, 0.05) is 11.4 Å². The van der Waals surface area contributed by atoms with E-state index in [4.69, 9.17) is 9.47 Å². The van der Waals surface area contributed by atoms with Gasteiger partial charge in [-0.1, -0.05) is 53.1 Å². The van der Waals surface area contributed by atoms with Crippen LogP contribution in [0.4, 0.5) is 11.6 Å². The lowest BCUT2D eigenvalue weighted by atomic mass is 9.94. The maximum absolute atomic E-state index is 13.7. The summed E-state index contributed by atoms with van der Waals surface area (Å²) in [6.45, 7) is 6.20. The second-order valence-electron chi connectivity index (χ2n) is 9.09. The number of ether oxygens (including phenoxy) is 2. The molecule has 2 heterocycles. The molecule has 38 heavy (non-hydrogen) atoms. The van der Waals surface area contributed by atoms with Crippen LogP contribution in [0, 0.1) is 13.8 Å². The molecule has 1 aliphatic rings. The Kier molecular flexibility index (Phi) is 7.15. The molecule has 9 nitrogen and oxygen atoms in total. The van der Waals surface area contributed by atoms with E-state index in [0.717, 1.165) is 27.9 Å². The smallest absolute Gasteiger partial charge is 0.255 e. The molecule has 2 N–H and O–H groups in total. The highest BCUT2D eigenvalue weighted by atomic mass is 79.9. The van der Waals surface area contributed by atoms with Gasteiger partial charge in [-0.2, -0.15) is 4.68 Å². The number of rotatable bonds is 7. The van der Waals surface area contributed by atoms with Gasteiger partial charge in [-0.25, -0.2) is 0 Å². The molecule has 10 heteroatoms. The molecule has 4 aromatic rings. The van der Waals surface area contributed by atoms with Gasteiger partial charge in [0.05, 0.1) is 17.2 Å². The Balaban J connectivity index is 1.52. The summed E-state index contributed by atoms with van der Waals surface area (Å²) in [4.78, 5) is 13.7. The fourth-order valence-electron chi connectivity index (χ4n) is 4.53. The van der Waals surface area contributed by atoms with Crippen LogP contribution < -0.4 is 20.1 Å². The van der Waals surface area contributed by atoms with Crippen molar-refractivity contribution < 1.29 is 14.3 Å². The monoisotopic (exact) mass is 574 g/mol. The molecule has 1 amide bonds. The van der Waals surface area contributed by atoms with Crippen molar-refractivity contribution >= 4 is 33.5 Å². The Morgan fingerprint density at radius 1 is 1.11 bits per heavy atom. The molecule has 1 aromatic heterocycles. The van der Waals surface area contributed by atoms with Crippen molar-refractivity contribution in [2.24, 2.45) is 0 Å². The maximum Gasteiger partial charge on any atom is 0.255 e. The molecule has 0 spiro atoms. The standard InChI is InChI=1S/C28H27BrN6O3/c1-16-10-11-22(17(2)12-16)31-27(36)24-18(3)30-28-32-33-34-35(28)25(24)20-13-21(29)26(23(14-20)37-4)38-15-19-8-6-5-7-9-19/h5-14,25H,15H2,1-4H3,(H,31,36)(H,30,32,34). The van der Waals surface area contributed by atoms with Crippen molar-refractivity contribution in [3.05, 3.63) is 98.7 Å². The van der Waals surface area contributed by atoms with E-state index in [2.05, 4.69) is 42.1 Å². The van der Waals surface area contributed by atoms with Crippen molar-refractivity contribution in [1.29, 1.82) is 0 Å². The van der Waals surface area contributed by atoms with Gasteiger partial charge in [-0.05, 0) is 82.0 Å². The van der Waals surface area contributed by atoms with Gasteiger partial charge in [0.15, 0.2) is 11.5 Å². The predicted octanol–water partition coefficient (Wildman–Crippen LogP) is 5.57. The largest absolute Gasteiger partial charge is 0.493 e. The number of nitrogens with zero attached hydrogens (tertiary/aromatic N) is 4. The van der Waals surface area contributed by atoms with E-state index in [1.54, 1.807) is 11.8 Å². The van der Waals surface area contributed by atoms with Gasteiger partial charge in [-0.3, -0.25) is 4.79 Å². The van der Waals surface area contributed by atoms with Crippen LogP contribution in [-0.4, -0.2) is 33.2 Å². The van der Waals surface area contributed by atoms with E-state index in [1.165, 1.54) is 0 Å². The quantitative estimate of drug-likeness (QED) is 0.297. The number of carbonyl (C=O) groups is 1. The van der Waals surface area contributed by atoms with Crippen molar-refractivity contribution in [2.75, 3.05) is 17.7 Å². The zero-order valence-electron chi connectivity index (χ0n) is 21.4. The van der Waals surface area contributed by atoms with Crippen LogP contribution in [0.3, 0.4) is 0 Å². The fourth-order valence-corrected chi connectivity index (χ4v) is 5.10. The Hall–Kier alpha value is -4.18. The Morgan fingerprint density at radius 2 is 1.89 bits per heavy atom. The molecule has 194 valence electrons. The number of carbonyl (C=O) groups excluding carboxylic acids is 1. The summed E-state index contributed by atoms with van der Waals surface area (Å²) in [6.07, 6.45) is 0. The summed E-state index contributed by atoms with van der Waals surface area (Å²) in [7, 11) is 1.58. The van der Waals surface area contributed by atoms with E-state index in [9.17, 15) is 4.79 Å². The molecule has 0 saturated heterocycles. The average molecular weight is 575 g/mol. The third kappa shape index (κ3) is 4.99. The number of halogens is 1. The normalized spacial score (nSPS) is 14.5. The molecule has 0 bridgehead atoms. The average Bonchev–Trinajstić information content (AvgIpc) is 3.37. The van der Waals surface area contributed by atoms with Crippen LogP contribution in [0.25, 0.3) is 0 Å². The highest BCUT2D eigenvalue weighted by Gasteiger charge is 2.35. The summed E-state index contributed by atoms with van der Waals surface area (Å²) < 4.78 is 14.1. The second kappa shape index (κ2) is 10.7. The SMILES string of the molecule is COc1cc(C2C(C(=O)Nc3ccc(C)cc3C)=C(C)Nc3nnnn32)cc(Br)c1OCc1ccccc1. The minimum atomic E-state index is -0.611. The van der Waals surface area contributed by atoms with Crippen LogP contribution >= 0.6 is 15.9 Å². The predicted molar refractivity (Wildman–Crippen MR) is 148 cm³/mol. The molecule has 3 aromatic carbocycles. The number of anilines is 2. The van der Waals surface area contributed by atoms with E-state index < -0.39 is 6.04 Å². The van der Waals surface area contributed by atoms with Crippen molar-refractivity contribution in [3.63, 3.8) is 0 Å². The summed E-state index contributed by atoms with van der Waals surface area (Å²) in [5.41, 5.74) is 5.76.